The van der Waals surface area contributed by atoms with E-state index in [4.69, 9.17) is 5.73 Å². The van der Waals surface area contributed by atoms with Crippen molar-refractivity contribution in [3.63, 3.8) is 0 Å². The number of rotatable bonds is 4. The Labute approximate surface area is 115 Å². The number of carbonyl (C=O) groups excluding carboxylic acids is 2. The van der Waals surface area contributed by atoms with Crippen LogP contribution in [0.2, 0.25) is 0 Å². The van der Waals surface area contributed by atoms with Crippen molar-refractivity contribution >= 4 is 40.4 Å². The van der Waals surface area contributed by atoms with Crippen molar-refractivity contribution < 1.29 is 9.59 Å². The van der Waals surface area contributed by atoms with Crippen LogP contribution in [-0.2, 0) is 9.59 Å². The van der Waals surface area contributed by atoms with Gasteiger partial charge in [0, 0.05) is 9.75 Å². The summed E-state index contributed by atoms with van der Waals surface area (Å²) in [5.41, 5.74) is 5.22. The number of thiophene rings is 1. The summed E-state index contributed by atoms with van der Waals surface area (Å²) in [7, 11) is 0. The van der Waals surface area contributed by atoms with Crippen molar-refractivity contribution in [1.29, 1.82) is 0 Å². The molecule has 0 spiro atoms. The molecule has 0 radical (unpaired) electrons. The normalized spacial score (nSPS) is 11.7. The van der Waals surface area contributed by atoms with Crippen LogP contribution in [0.25, 0.3) is 0 Å². The van der Waals surface area contributed by atoms with Crippen LogP contribution in [0.15, 0.2) is 12.1 Å². The van der Waals surface area contributed by atoms with Crippen LogP contribution in [0.1, 0.15) is 22.7 Å². The third-order valence-corrected chi connectivity index (χ3v) is 3.49. The number of amides is 2. The van der Waals surface area contributed by atoms with E-state index >= 15 is 0 Å². The Morgan fingerprint density at radius 3 is 2.61 bits per heavy atom. The lowest BCUT2D eigenvalue weighted by Gasteiger charge is -2.11. The monoisotopic (exact) mass is 285 g/mol. The molecule has 0 saturated carbocycles. The second-order valence-electron chi connectivity index (χ2n) is 3.79. The molecular weight excluding hydrogens is 270 g/mol. The summed E-state index contributed by atoms with van der Waals surface area (Å²) in [6.07, 6.45) is 0. The summed E-state index contributed by atoms with van der Waals surface area (Å²) in [5, 5.41) is 4.94. The SMILES string of the molecule is Cc1ccc(C(C)NC(=O)C(=O)NCC(N)=S)s1. The average Bonchev–Trinajstić information content (AvgIpc) is 2.72. The molecule has 4 N–H and O–H groups in total. The molecule has 2 amide bonds. The minimum Gasteiger partial charge on any atom is -0.392 e. The molecule has 0 fully saturated rings. The number of hydrogen-bond donors (Lipinski definition) is 3. The Bertz CT molecular complexity index is 471. The molecule has 1 aromatic heterocycles. The Hall–Kier alpha value is -1.47. The summed E-state index contributed by atoms with van der Waals surface area (Å²) in [6, 6.07) is 3.69. The van der Waals surface area contributed by atoms with Gasteiger partial charge in [0.25, 0.3) is 0 Å². The molecule has 0 aliphatic rings. The van der Waals surface area contributed by atoms with Gasteiger partial charge in [0.15, 0.2) is 0 Å². The first-order valence-electron chi connectivity index (χ1n) is 5.33. The van der Waals surface area contributed by atoms with Gasteiger partial charge in [-0.15, -0.1) is 11.3 Å². The van der Waals surface area contributed by atoms with E-state index < -0.39 is 11.8 Å². The minimum atomic E-state index is -0.733. The third kappa shape index (κ3) is 4.42. The van der Waals surface area contributed by atoms with Gasteiger partial charge in [-0.05, 0) is 26.0 Å². The Morgan fingerprint density at radius 2 is 2.11 bits per heavy atom. The third-order valence-electron chi connectivity index (χ3n) is 2.16. The van der Waals surface area contributed by atoms with Crippen LogP contribution in [0, 0.1) is 6.92 Å². The van der Waals surface area contributed by atoms with Crippen LogP contribution in [0.4, 0.5) is 0 Å². The minimum absolute atomic E-state index is 0.0219. The van der Waals surface area contributed by atoms with Crippen molar-refractivity contribution in [1.82, 2.24) is 10.6 Å². The Morgan fingerprint density at radius 1 is 1.44 bits per heavy atom. The van der Waals surface area contributed by atoms with Gasteiger partial charge >= 0.3 is 11.8 Å². The van der Waals surface area contributed by atoms with Crippen molar-refractivity contribution in [2.45, 2.75) is 19.9 Å². The lowest BCUT2D eigenvalue weighted by molar-refractivity contribution is -0.139. The zero-order valence-corrected chi connectivity index (χ0v) is 11.8. The molecule has 0 saturated heterocycles. The molecule has 5 nitrogen and oxygen atoms in total. The highest BCUT2D eigenvalue weighted by Crippen LogP contribution is 2.21. The van der Waals surface area contributed by atoms with Crippen molar-refractivity contribution in [3.8, 4) is 0 Å². The van der Waals surface area contributed by atoms with Gasteiger partial charge in [-0.1, -0.05) is 12.2 Å². The number of thiocarbonyl (C=S) groups is 1. The van der Waals surface area contributed by atoms with Gasteiger partial charge in [-0.2, -0.15) is 0 Å². The van der Waals surface area contributed by atoms with Gasteiger partial charge in [0.2, 0.25) is 0 Å². The van der Waals surface area contributed by atoms with Crippen molar-refractivity contribution in [2.24, 2.45) is 5.73 Å². The molecule has 1 heterocycles. The molecule has 0 aliphatic carbocycles. The molecular formula is C11H15N3O2S2. The van der Waals surface area contributed by atoms with E-state index in [2.05, 4.69) is 22.9 Å². The van der Waals surface area contributed by atoms with E-state index in [0.717, 1.165) is 9.75 Å². The lowest BCUT2D eigenvalue weighted by atomic mass is 10.2. The summed E-state index contributed by atoms with van der Waals surface area (Å²) in [4.78, 5) is 25.2. The molecule has 0 aromatic carbocycles. The smallest absolute Gasteiger partial charge is 0.309 e. The maximum atomic E-state index is 11.5. The zero-order chi connectivity index (χ0) is 13.7. The van der Waals surface area contributed by atoms with E-state index in [-0.39, 0.29) is 17.6 Å². The first kappa shape index (κ1) is 14.6. The first-order valence-corrected chi connectivity index (χ1v) is 6.56. The van der Waals surface area contributed by atoms with Crippen LogP contribution in [0.3, 0.4) is 0 Å². The van der Waals surface area contributed by atoms with E-state index in [0.29, 0.717) is 0 Å². The Kier molecular flexibility index (Phi) is 5.24. The highest BCUT2D eigenvalue weighted by molar-refractivity contribution is 7.80. The second kappa shape index (κ2) is 6.46. The highest BCUT2D eigenvalue weighted by Gasteiger charge is 2.17. The topological polar surface area (TPSA) is 84.2 Å². The number of nitrogens with one attached hydrogen (secondary N) is 2. The summed E-state index contributed by atoms with van der Waals surface area (Å²) >= 11 is 6.18. The second-order valence-corrected chi connectivity index (χ2v) is 5.64. The lowest BCUT2D eigenvalue weighted by Crippen LogP contribution is -2.43. The van der Waals surface area contributed by atoms with Gasteiger partial charge < -0.3 is 16.4 Å². The van der Waals surface area contributed by atoms with Crippen molar-refractivity contribution in [3.05, 3.63) is 21.9 Å². The first-order chi connectivity index (χ1) is 8.40. The van der Waals surface area contributed by atoms with Gasteiger partial charge in [-0.3, -0.25) is 9.59 Å². The quantitative estimate of drug-likeness (QED) is 0.560. The number of aryl methyl sites for hydroxylation is 1. The van der Waals surface area contributed by atoms with Gasteiger partial charge in [-0.25, -0.2) is 0 Å². The number of hydrogen-bond acceptors (Lipinski definition) is 4. The molecule has 18 heavy (non-hydrogen) atoms. The molecule has 0 bridgehead atoms. The predicted octanol–water partition coefficient (Wildman–Crippen LogP) is 0.636. The molecule has 1 aromatic rings. The summed E-state index contributed by atoms with van der Waals surface area (Å²) in [6.45, 7) is 3.83. The largest absolute Gasteiger partial charge is 0.392 e. The predicted molar refractivity (Wildman–Crippen MR) is 75.4 cm³/mol. The molecule has 1 unspecified atom stereocenters. The van der Waals surface area contributed by atoms with Crippen LogP contribution in [0.5, 0.6) is 0 Å². The molecule has 0 aliphatic heterocycles. The number of carbonyl (C=O) groups is 2. The van der Waals surface area contributed by atoms with Crippen LogP contribution in [-0.4, -0.2) is 23.3 Å². The molecule has 7 heteroatoms. The number of nitrogens with two attached hydrogens (primary N) is 1. The fourth-order valence-corrected chi connectivity index (χ4v) is 2.22. The van der Waals surface area contributed by atoms with Crippen LogP contribution >= 0.6 is 23.6 Å². The van der Waals surface area contributed by atoms with E-state index in [1.165, 1.54) is 0 Å². The van der Waals surface area contributed by atoms with Crippen molar-refractivity contribution in [2.75, 3.05) is 6.54 Å². The van der Waals surface area contributed by atoms with Gasteiger partial charge in [0.05, 0.1) is 17.6 Å². The zero-order valence-electron chi connectivity index (χ0n) is 10.1. The maximum absolute atomic E-state index is 11.5. The standard InChI is InChI=1S/C11H15N3O2S2/c1-6-3-4-8(18-6)7(2)14-11(16)10(15)13-5-9(12)17/h3-4,7H,5H2,1-2H3,(H2,12,17)(H,13,15)(H,14,16). The van der Waals surface area contributed by atoms with E-state index in [1.807, 2.05) is 26.0 Å². The molecule has 1 atom stereocenters. The maximum Gasteiger partial charge on any atom is 0.309 e. The fourth-order valence-electron chi connectivity index (χ4n) is 1.27. The van der Waals surface area contributed by atoms with Gasteiger partial charge in [0.1, 0.15) is 0 Å². The Balaban J connectivity index is 2.49. The van der Waals surface area contributed by atoms with E-state index in [1.54, 1.807) is 11.3 Å². The highest BCUT2D eigenvalue weighted by atomic mass is 32.1. The van der Waals surface area contributed by atoms with Crippen LogP contribution < -0.4 is 16.4 Å². The van der Waals surface area contributed by atoms with E-state index in [9.17, 15) is 9.59 Å². The summed E-state index contributed by atoms with van der Waals surface area (Å²) < 4.78 is 0. The fraction of sp³-hybridized carbons (Fsp3) is 0.364. The molecule has 98 valence electrons. The average molecular weight is 285 g/mol. The summed E-state index contributed by atoms with van der Waals surface area (Å²) in [5.74, 6) is -1.42. The molecule has 1 rings (SSSR count).